The van der Waals surface area contributed by atoms with E-state index in [0.717, 1.165) is 17.7 Å². The topological polar surface area (TPSA) is 69.6 Å². The van der Waals surface area contributed by atoms with Crippen LogP contribution in [0.4, 0.5) is 0 Å². The van der Waals surface area contributed by atoms with Crippen LogP contribution in [0.3, 0.4) is 0 Å². The summed E-state index contributed by atoms with van der Waals surface area (Å²) in [5, 5.41) is 14.4. The van der Waals surface area contributed by atoms with E-state index in [1.165, 1.54) is 18.3 Å². The van der Waals surface area contributed by atoms with Crippen molar-refractivity contribution in [3.05, 3.63) is 22.4 Å². The van der Waals surface area contributed by atoms with Gasteiger partial charge in [0.15, 0.2) is 0 Å². The molecule has 6 heteroatoms. The zero-order valence-corrected chi connectivity index (χ0v) is 12.4. The molecule has 1 aliphatic rings. The number of rotatable bonds is 4. The number of piperidine rings is 1. The number of hydrogen-bond donors (Lipinski definition) is 2. The van der Waals surface area contributed by atoms with Gasteiger partial charge in [-0.25, -0.2) is 0 Å². The van der Waals surface area contributed by atoms with Crippen LogP contribution in [0.2, 0.25) is 0 Å². The number of aliphatic hydroxyl groups excluding tert-OH is 1. The fourth-order valence-corrected chi connectivity index (χ4v) is 3.22. The van der Waals surface area contributed by atoms with E-state index in [1.54, 1.807) is 4.90 Å². The quantitative estimate of drug-likeness (QED) is 0.880. The molecule has 1 saturated heterocycles. The van der Waals surface area contributed by atoms with E-state index < -0.39 is 6.10 Å². The first-order valence-corrected chi connectivity index (χ1v) is 7.70. The lowest BCUT2D eigenvalue weighted by Crippen LogP contribution is -2.43. The van der Waals surface area contributed by atoms with Crippen molar-refractivity contribution < 1.29 is 14.7 Å². The van der Waals surface area contributed by atoms with Gasteiger partial charge >= 0.3 is 0 Å². The molecule has 1 aromatic rings. The van der Waals surface area contributed by atoms with Gasteiger partial charge in [0, 0.05) is 24.9 Å². The average Bonchev–Trinajstić information content (AvgIpc) is 2.91. The smallest absolute Gasteiger partial charge is 0.225 e. The molecule has 1 fully saturated rings. The number of hydrogen-bond acceptors (Lipinski definition) is 4. The van der Waals surface area contributed by atoms with Crippen LogP contribution in [0.1, 0.15) is 37.1 Å². The molecule has 2 amide bonds. The standard InChI is InChI=1S/C14H20N2O3S/c1-10(17)15-12(13-5-3-7-20-13)8-14(19)16-6-2-4-11(18)9-16/h3,5,7,11-12,18H,2,4,6,8-9H2,1H3,(H,15,17)/t11-,12?/m0/s1. The van der Waals surface area contributed by atoms with E-state index in [9.17, 15) is 14.7 Å². The maximum Gasteiger partial charge on any atom is 0.225 e. The highest BCUT2D eigenvalue weighted by molar-refractivity contribution is 7.10. The minimum atomic E-state index is -0.423. The predicted molar refractivity (Wildman–Crippen MR) is 77.3 cm³/mol. The number of aliphatic hydroxyl groups is 1. The minimum absolute atomic E-state index is 0.0177. The van der Waals surface area contributed by atoms with Crippen LogP contribution < -0.4 is 5.32 Å². The summed E-state index contributed by atoms with van der Waals surface area (Å²) in [6.45, 7) is 2.54. The lowest BCUT2D eigenvalue weighted by atomic mass is 10.1. The second-order valence-electron chi connectivity index (χ2n) is 5.11. The maximum atomic E-state index is 12.3. The SMILES string of the molecule is CC(=O)NC(CC(=O)N1CCC[C@H](O)C1)c1cccs1. The Morgan fingerprint density at radius 2 is 2.40 bits per heavy atom. The number of β-amino-alcohol motifs (C(OH)–C–C–N with tert-alkyl or cyclic N) is 1. The lowest BCUT2D eigenvalue weighted by molar-refractivity contribution is -0.135. The Balaban J connectivity index is 2.00. The van der Waals surface area contributed by atoms with Crippen LogP contribution in [-0.4, -0.2) is 41.0 Å². The zero-order chi connectivity index (χ0) is 14.5. The third-order valence-corrected chi connectivity index (χ3v) is 4.38. The summed E-state index contributed by atoms with van der Waals surface area (Å²) in [6, 6.07) is 3.55. The molecule has 1 aromatic heterocycles. The summed E-state index contributed by atoms with van der Waals surface area (Å²) in [5.41, 5.74) is 0. The Bertz CT molecular complexity index is 461. The van der Waals surface area contributed by atoms with Gasteiger partial charge in [0.05, 0.1) is 18.6 Å². The molecular weight excluding hydrogens is 276 g/mol. The minimum Gasteiger partial charge on any atom is -0.391 e. The van der Waals surface area contributed by atoms with Crippen molar-refractivity contribution in [2.75, 3.05) is 13.1 Å². The van der Waals surface area contributed by atoms with Crippen molar-refractivity contribution in [3.63, 3.8) is 0 Å². The molecule has 2 rings (SSSR count). The number of amides is 2. The van der Waals surface area contributed by atoms with Crippen molar-refractivity contribution in [2.45, 2.75) is 38.3 Å². The van der Waals surface area contributed by atoms with Crippen LogP contribution >= 0.6 is 11.3 Å². The molecule has 0 spiro atoms. The first kappa shape index (κ1) is 15.0. The van der Waals surface area contributed by atoms with Gasteiger partial charge in [0.1, 0.15) is 0 Å². The molecule has 2 atom stereocenters. The fraction of sp³-hybridized carbons (Fsp3) is 0.571. The summed E-state index contributed by atoms with van der Waals surface area (Å²) < 4.78 is 0. The third kappa shape index (κ3) is 4.05. The highest BCUT2D eigenvalue weighted by atomic mass is 32.1. The summed E-state index contributed by atoms with van der Waals surface area (Å²) in [5.74, 6) is -0.161. The second-order valence-corrected chi connectivity index (χ2v) is 6.09. The highest BCUT2D eigenvalue weighted by Crippen LogP contribution is 2.23. The summed E-state index contributed by atoms with van der Waals surface area (Å²) >= 11 is 1.53. The van der Waals surface area contributed by atoms with Crippen molar-refractivity contribution >= 4 is 23.2 Å². The van der Waals surface area contributed by atoms with E-state index in [-0.39, 0.29) is 24.3 Å². The van der Waals surface area contributed by atoms with E-state index in [2.05, 4.69) is 5.32 Å². The van der Waals surface area contributed by atoms with Crippen LogP contribution in [0, 0.1) is 0 Å². The second kappa shape index (κ2) is 6.85. The van der Waals surface area contributed by atoms with Gasteiger partial charge < -0.3 is 15.3 Å². The molecule has 2 heterocycles. The predicted octanol–water partition coefficient (Wildman–Crippen LogP) is 1.30. The Hall–Kier alpha value is -1.40. The number of nitrogens with one attached hydrogen (secondary N) is 1. The van der Waals surface area contributed by atoms with Gasteiger partial charge in [-0.3, -0.25) is 9.59 Å². The van der Waals surface area contributed by atoms with Crippen molar-refractivity contribution in [3.8, 4) is 0 Å². The van der Waals surface area contributed by atoms with Gasteiger partial charge in [0.25, 0.3) is 0 Å². The molecule has 0 aromatic carbocycles. The largest absolute Gasteiger partial charge is 0.391 e. The molecular formula is C14H20N2O3S. The van der Waals surface area contributed by atoms with Crippen LogP contribution in [-0.2, 0) is 9.59 Å². The zero-order valence-electron chi connectivity index (χ0n) is 11.5. The average molecular weight is 296 g/mol. The Morgan fingerprint density at radius 3 is 3.00 bits per heavy atom. The Morgan fingerprint density at radius 1 is 1.60 bits per heavy atom. The molecule has 0 saturated carbocycles. The molecule has 5 nitrogen and oxygen atoms in total. The van der Waals surface area contributed by atoms with Gasteiger partial charge in [-0.15, -0.1) is 11.3 Å². The molecule has 1 unspecified atom stereocenters. The Kier molecular flexibility index (Phi) is 5.14. The van der Waals surface area contributed by atoms with Crippen molar-refractivity contribution in [1.82, 2.24) is 10.2 Å². The Labute approximate surface area is 122 Å². The third-order valence-electron chi connectivity index (χ3n) is 3.39. The number of carbonyl (C=O) groups is 2. The van der Waals surface area contributed by atoms with Crippen LogP contribution in [0.15, 0.2) is 17.5 Å². The number of nitrogens with zero attached hydrogens (tertiary/aromatic N) is 1. The molecule has 0 radical (unpaired) electrons. The summed E-state index contributed by atoms with van der Waals surface area (Å²) in [6.07, 6.45) is 1.40. The number of thiophene rings is 1. The molecule has 2 N–H and O–H groups in total. The first-order chi connectivity index (χ1) is 9.56. The molecule has 20 heavy (non-hydrogen) atoms. The summed E-state index contributed by atoms with van der Waals surface area (Å²) in [4.78, 5) is 26.3. The van der Waals surface area contributed by atoms with Crippen LogP contribution in [0.25, 0.3) is 0 Å². The summed E-state index contributed by atoms with van der Waals surface area (Å²) in [7, 11) is 0. The van der Waals surface area contributed by atoms with E-state index in [4.69, 9.17) is 0 Å². The van der Waals surface area contributed by atoms with Gasteiger partial charge in [0.2, 0.25) is 11.8 Å². The van der Waals surface area contributed by atoms with E-state index in [0.29, 0.717) is 13.1 Å². The van der Waals surface area contributed by atoms with E-state index >= 15 is 0 Å². The van der Waals surface area contributed by atoms with Crippen molar-refractivity contribution in [1.29, 1.82) is 0 Å². The monoisotopic (exact) mass is 296 g/mol. The molecule has 0 aliphatic carbocycles. The fourth-order valence-electron chi connectivity index (χ4n) is 2.44. The van der Waals surface area contributed by atoms with E-state index in [1.807, 2.05) is 17.5 Å². The molecule has 110 valence electrons. The van der Waals surface area contributed by atoms with Gasteiger partial charge in [-0.05, 0) is 24.3 Å². The number of carbonyl (C=O) groups excluding carboxylic acids is 2. The molecule has 0 bridgehead atoms. The van der Waals surface area contributed by atoms with Crippen molar-refractivity contribution in [2.24, 2.45) is 0 Å². The molecule has 1 aliphatic heterocycles. The normalized spacial score (nSPS) is 20.5. The van der Waals surface area contributed by atoms with Gasteiger partial charge in [-0.2, -0.15) is 0 Å². The number of likely N-dealkylation sites (tertiary alicyclic amines) is 1. The van der Waals surface area contributed by atoms with Gasteiger partial charge in [-0.1, -0.05) is 6.07 Å². The van der Waals surface area contributed by atoms with Crippen LogP contribution in [0.5, 0.6) is 0 Å². The lowest BCUT2D eigenvalue weighted by Gasteiger charge is -2.31. The highest BCUT2D eigenvalue weighted by Gasteiger charge is 2.25. The maximum absolute atomic E-state index is 12.3. The first-order valence-electron chi connectivity index (χ1n) is 6.82.